The molecular weight excluding hydrogens is 312 g/mol. The lowest BCUT2D eigenvalue weighted by Gasteiger charge is -2.02. The zero-order chi connectivity index (χ0) is 17.2. The van der Waals surface area contributed by atoms with Gasteiger partial charge in [0, 0.05) is 5.38 Å². The maximum atomic E-state index is 12.5. The Hall–Kier alpha value is -1.69. The molecule has 0 aromatic carbocycles. The van der Waals surface area contributed by atoms with Crippen LogP contribution in [0.15, 0.2) is 17.0 Å². The van der Waals surface area contributed by atoms with Crippen molar-refractivity contribution in [2.45, 2.75) is 41.0 Å². The summed E-state index contributed by atoms with van der Waals surface area (Å²) in [7, 11) is 0. The number of amides is 1. The Morgan fingerprint density at radius 2 is 2.13 bits per heavy atom. The summed E-state index contributed by atoms with van der Waals surface area (Å²) in [6.45, 7) is 10.4. The fraction of sp³-hybridized carbons (Fsp3) is 0.588. The van der Waals surface area contributed by atoms with E-state index in [9.17, 15) is 9.59 Å². The van der Waals surface area contributed by atoms with Crippen LogP contribution in [-0.2, 0) is 20.7 Å². The summed E-state index contributed by atoms with van der Waals surface area (Å²) < 4.78 is 4.89. The number of carbonyl (C=O) groups excluding carboxylic acids is 2. The normalized spacial score (nSPS) is 21.4. The topological polar surface area (TPSA) is 68.3 Å². The number of esters is 1. The van der Waals surface area contributed by atoms with E-state index in [0.29, 0.717) is 17.4 Å². The van der Waals surface area contributed by atoms with E-state index in [1.807, 2.05) is 13.8 Å². The molecule has 5 nitrogen and oxygen atoms in total. The van der Waals surface area contributed by atoms with Crippen molar-refractivity contribution >= 4 is 28.3 Å². The average Bonchev–Trinajstić information content (AvgIpc) is 2.77. The molecule has 0 saturated heterocycles. The van der Waals surface area contributed by atoms with E-state index in [2.05, 4.69) is 30.2 Å². The van der Waals surface area contributed by atoms with Crippen LogP contribution in [0.3, 0.4) is 0 Å². The number of allylic oxidation sites excluding steroid dienone is 2. The fourth-order valence-corrected chi connectivity index (χ4v) is 3.55. The Kier molecular flexibility index (Phi) is 5.24. The Labute approximate surface area is 141 Å². The van der Waals surface area contributed by atoms with E-state index in [-0.39, 0.29) is 35.5 Å². The molecule has 1 saturated carbocycles. The predicted molar refractivity (Wildman–Crippen MR) is 91.3 cm³/mol. The first-order valence-electron chi connectivity index (χ1n) is 7.81. The van der Waals surface area contributed by atoms with Gasteiger partial charge in [-0.3, -0.25) is 9.59 Å². The lowest BCUT2D eigenvalue weighted by molar-refractivity contribution is -0.142. The van der Waals surface area contributed by atoms with E-state index < -0.39 is 0 Å². The average molecular weight is 336 g/mol. The molecule has 0 bridgehead atoms. The second-order valence-corrected chi connectivity index (χ2v) is 7.54. The van der Waals surface area contributed by atoms with Crippen LogP contribution in [0.4, 0.5) is 5.13 Å². The third-order valence-corrected chi connectivity index (χ3v) is 4.93. The maximum absolute atomic E-state index is 12.5. The van der Waals surface area contributed by atoms with Gasteiger partial charge in [0.25, 0.3) is 0 Å². The van der Waals surface area contributed by atoms with Crippen LogP contribution in [0.5, 0.6) is 0 Å². The van der Waals surface area contributed by atoms with Crippen LogP contribution in [-0.4, -0.2) is 23.5 Å². The van der Waals surface area contributed by atoms with Crippen molar-refractivity contribution in [3.8, 4) is 0 Å². The van der Waals surface area contributed by atoms with Gasteiger partial charge in [0.15, 0.2) is 5.13 Å². The van der Waals surface area contributed by atoms with Crippen molar-refractivity contribution in [1.29, 1.82) is 0 Å². The van der Waals surface area contributed by atoms with Crippen LogP contribution < -0.4 is 5.32 Å². The summed E-state index contributed by atoms with van der Waals surface area (Å²) in [5.41, 5.74) is 1.83. The molecule has 0 spiro atoms. The van der Waals surface area contributed by atoms with E-state index in [4.69, 9.17) is 4.74 Å². The summed E-state index contributed by atoms with van der Waals surface area (Å²) >= 11 is 1.33. The SMILES string of the molecule is CCOC(=O)Cc1csc(NC(=O)C2C(C=C(C)C)C2(C)C)n1. The molecule has 2 atom stereocenters. The maximum Gasteiger partial charge on any atom is 0.311 e. The smallest absolute Gasteiger partial charge is 0.311 e. The Bertz CT molecular complexity index is 630. The lowest BCUT2D eigenvalue weighted by atomic mass is 10.1. The summed E-state index contributed by atoms with van der Waals surface area (Å²) in [6.07, 6.45) is 2.30. The standard InChI is InChI=1S/C17H24N2O3S/c1-6-22-13(20)8-11-9-23-16(18-11)19-15(21)14-12(7-10(2)3)17(14,4)5/h7,9,12,14H,6,8H2,1-5H3,(H,18,19,21). The highest BCUT2D eigenvalue weighted by Gasteiger charge is 2.60. The molecule has 6 heteroatoms. The number of carbonyl (C=O) groups is 2. The van der Waals surface area contributed by atoms with Crippen molar-refractivity contribution in [2.24, 2.45) is 17.3 Å². The van der Waals surface area contributed by atoms with Crippen molar-refractivity contribution in [3.63, 3.8) is 0 Å². The summed E-state index contributed by atoms with van der Waals surface area (Å²) in [5.74, 6) is -0.0709. The Balaban J connectivity index is 1.95. The van der Waals surface area contributed by atoms with Gasteiger partial charge in [0.05, 0.1) is 24.6 Å². The van der Waals surface area contributed by atoms with Gasteiger partial charge in [-0.2, -0.15) is 0 Å². The molecule has 0 aliphatic heterocycles. The van der Waals surface area contributed by atoms with Gasteiger partial charge in [0.2, 0.25) is 5.91 Å². The fourth-order valence-electron chi connectivity index (χ4n) is 2.84. The van der Waals surface area contributed by atoms with Gasteiger partial charge < -0.3 is 10.1 Å². The number of nitrogens with zero attached hydrogens (tertiary/aromatic N) is 1. The van der Waals surface area contributed by atoms with Crippen LogP contribution in [0.2, 0.25) is 0 Å². The number of hydrogen-bond donors (Lipinski definition) is 1. The third-order valence-electron chi connectivity index (χ3n) is 4.12. The number of thiazole rings is 1. The Morgan fingerprint density at radius 1 is 1.43 bits per heavy atom. The summed E-state index contributed by atoms with van der Waals surface area (Å²) in [4.78, 5) is 28.2. The second kappa shape index (κ2) is 6.83. The quantitative estimate of drug-likeness (QED) is 0.638. The van der Waals surface area contributed by atoms with Gasteiger partial charge in [-0.25, -0.2) is 4.98 Å². The highest BCUT2D eigenvalue weighted by molar-refractivity contribution is 7.13. The zero-order valence-electron chi connectivity index (χ0n) is 14.3. The first-order chi connectivity index (χ1) is 10.8. The van der Waals surface area contributed by atoms with Crippen molar-refractivity contribution in [1.82, 2.24) is 4.98 Å². The van der Waals surface area contributed by atoms with Crippen molar-refractivity contribution in [3.05, 3.63) is 22.7 Å². The highest BCUT2D eigenvalue weighted by Crippen LogP contribution is 2.59. The molecule has 1 N–H and O–H groups in total. The van der Waals surface area contributed by atoms with E-state index in [1.54, 1.807) is 12.3 Å². The number of hydrogen-bond acceptors (Lipinski definition) is 5. The zero-order valence-corrected chi connectivity index (χ0v) is 15.1. The molecule has 1 amide bonds. The molecule has 1 aliphatic carbocycles. The number of rotatable bonds is 6. The van der Waals surface area contributed by atoms with Crippen molar-refractivity contribution in [2.75, 3.05) is 11.9 Å². The monoisotopic (exact) mass is 336 g/mol. The second-order valence-electron chi connectivity index (χ2n) is 6.68. The lowest BCUT2D eigenvalue weighted by Crippen LogP contribution is -2.17. The minimum atomic E-state index is -0.303. The molecule has 1 aromatic heterocycles. The van der Waals surface area contributed by atoms with Gasteiger partial charge in [-0.1, -0.05) is 25.5 Å². The number of anilines is 1. The molecule has 23 heavy (non-hydrogen) atoms. The van der Waals surface area contributed by atoms with Crippen LogP contribution in [0.1, 0.15) is 40.3 Å². The molecule has 0 radical (unpaired) electrons. The molecule has 126 valence electrons. The van der Waals surface area contributed by atoms with Crippen LogP contribution in [0, 0.1) is 17.3 Å². The van der Waals surface area contributed by atoms with E-state index in [0.717, 1.165) is 0 Å². The van der Waals surface area contributed by atoms with Crippen LogP contribution in [0.25, 0.3) is 0 Å². The first kappa shape index (κ1) is 17.7. The number of ether oxygens (including phenoxy) is 1. The number of nitrogens with one attached hydrogen (secondary N) is 1. The predicted octanol–water partition coefficient (Wildman–Crippen LogP) is 3.43. The molecule has 1 aromatic rings. The van der Waals surface area contributed by atoms with Gasteiger partial charge >= 0.3 is 5.97 Å². The third kappa shape index (κ3) is 4.19. The number of aromatic nitrogens is 1. The van der Waals surface area contributed by atoms with Crippen molar-refractivity contribution < 1.29 is 14.3 Å². The van der Waals surface area contributed by atoms with Gasteiger partial charge in [-0.15, -0.1) is 11.3 Å². The molecule has 2 rings (SSSR count). The molecule has 1 heterocycles. The minimum Gasteiger partial charge on any atom is -0.466 e. The molecular formula is C17H24N2O3S. The Morgan fingerprint density at radius 3 is 2.74 bits per heavy atom. The minimum absolute atomic E-state index is 0.00506. The van der Waals surface area contributed by atoms with Gasteiger partial charge in [0.1, 0.15) is 0 Å². The van der Waals surface area contributed by atoms with E-state index in [1.165, 1.54) is 16.9 Å². The first-order valence-corrected chi connectivity index (χ1v) is 8.69. The highest BCUT2D eigenvalue weighted by atomic mass is 32.1. The van der Waals surface area contributed by atoms with Gasteiger partial charge in [-0.05, 0) is 32.1 Å². The summed E-state index contributed by atoms with van der Waals surface area (Å²) in [5, 5.41) is 5.19. The van der Waals surface area contributed by atoms with E-state index >= 15 is 0 Å². The molecule has 1 fully saturated rings. The molecule has 2 unspecified atom stereocenters. The largest absolute Gasteiger partial charge is 0.466 e. The van der Waals surface area contributed by atoms with Crippen LogP contribution >= 0.6 is 11.3 Å². The molecule has 1 aliphatic rings. The summed E-state index contributed by atoms with van der Waals surface area (Å²) in [6, 6.07) is 0.